The summed E-state index contributed by atoms with van der Waals surface area (Å²) in [7, 11) is 0. The summed E-state index contributed by atoms with van der Waals surface area (Å²) in [5.41, 5.74) is 9.42. The number of benzene rings is 1. The Hall–Kier alpha value is -1.55. The van der Waals surface area contributed by atoms with Crippen LogP contribution in [-0.2, 0) is 4.74 Å². The lowest BCUT2D eigenvalue weighted by atomic mass is 10.0. The van der Waals surface area contributed by atoms with Gasteiger partial charge >= 0.3 is 0 Å². The molecule has 2 unspecified atom stereocenters. The summed E-state index contributed by atoms with van der Waals surface area (Å²) in [6.45, 7) is 5.97. The molecule has 2 heterocycles. The van der Waals surface area contributed by atoms with Gasteiger partial charge in [-0.2, -0.15) is 0 Å². The highest BCUT2D eigenvalue weighted by molar-refractivity contribution is 5.81. The van der Waals surface area contributed by atoms with Crippen LogP contribution in [-0.4, -0.2) is 22.8 Å². The highest BCUT2D eigenvalue weighted by Crippen LogP contribution is 2.32. The Morgan fingerprint density at radius 1 is 1.50 bits per heavy atom. The van der Waals surface area contributed by atoms with Crippen molar-refractivity contribution in [2.24, 2.45) is 5.92 Å². The summed E-state index contributed by atoms with van der Waals surface area (Å²) in [6.07, 6.45) is 1.10. The van der Waals surface area contributed by atoms with E-state index in [9.17, 15) is 0 Å². The van der Waals surface area contributed by atoms with Crippen molar-refractivity contribution in [1.29, 1.82) is 0 Å². The highest BCUT2D eigenvalue weighted by Gasteiger charge is 2.26. The van der Waals surface area contributed by atoms with Crippen LogP contribution in [0.15, 0.2) is 18.2 Å². The number of ether oxygens (including phenoxy) is 1. The minimum Gasteiger partial charge on any atom is -0.381 e. The van der Waals surface area contributed by atoms with Gasteiger partial charge in [-0.1, -0.05) is 12.1 Å². The molecular formula is C14H19N3O. The van der Waals surface area contributed by atoms with Crippen molar-refractivity contribution in [1.82, 2.24) is 9.55 Å². The first-order chi connectivity index (χ1) is 8.68. The SMILES string of the molecule is Cc1cccc2c1nc(N)n2C(C)C1CCOC1. The van der Waals surface area contributed by atoms with Gasteiger partial charge in [0, 0.05) is 18.6 Å². The fraction of sp³-hybridized carbons (Fsp3) is 0.500. The molecule has 0 bridgehead atoms. The third-order valence-corrected chi connectivity index (χ3v) is 4.00. The van der Waals surface area contributed by atoms with Gasteiger partial charge in [0.15, 0.2) is 0 Å². The molecule has 1 aromatic carbocycles. The molecule has 0 radical (unpaired) electrons. The fourth-order valence-electron chi connectivity index (χ4n) is 2.85. The highest BCUT2D eigenvalue weighted by atomic mass is 16.5. The Balaban J connectivity index is 2.10. The summed E-state index contributed by atoms with van der Waals surface area (Å²) >= 11 is 0. The lowest BCUT2D eigenvalue weighted by molar-refractivity contribution is 0.176. The molecule has 18 heavy (non-hydrogen) atoms. The molecule has 0 amide bonds. The van der Waals surface area contributed by atoms with Crippen LogP contribution in [0.3, 0.4) is 0 Å². The first-order valence-electron chi connectivity index (χ1n) is 6.49. The zero-order valence-electron chi connectivity index (χ0n) is 10.9. The monoisotopic (exact) mass is 245 g/mol. The number of imidazole rings is 1. The summed E-state index contributed by atoms with van der Waals surface area (Å²) in [5.74, 6) is 1.14. The number of anilines is 1. The number of hydrogen-bond acceptors (Lipinski definition) is 3. The number of nitrogens with zero attached hydrogens (tertiary/aromatic N) is 2. The standard InChI is InChI=1S/C14H19N3O/c1-9-4-3-5-12-13(9)16-14(15)17(12)10(2)11-6-7-18-8-11/h3-5,10-11H,6-8H2,1-2H3,(H2,15,16). The van der Waals surface area contributed by atoms with Gasteiger partial charge in [-0.25, -0.2) is 4.98 Å². The van der Waals surface area contributed by atoms with E-state index in [2.05, 4.69) is 41.6 Å². The van der Waals surface area contributed by atoms with Crippen LogP contribution in [0.4, 0.5) is 5.95 Å². The molecule has 1 aliphatic heterocycles. The second kappa shape index (κ2) is 4.28. The zero-order valence-corrected chi connectivity index (χ0v) is 10.9. The Bertz CT molecular complexity index is 570. The van der Waals surface area contributed by atoms with Crippen molar-refractivity contribution in [3.8, 4) is 0 Å². The van der Waals surface area contributed by atoms with Crippen molar-refractivity contribution in [2.75, 3.05) is 18.9 Å². The molecule has 2 N–H and O–H groups in total. The van der Waals surface area contributed by atoms with Crippen molar-refractivity contribution in [3.63, 3.8) is 0 Å². The Morgan fingerprint density at radius 2 is 2.33 bits per heavy atom. The number of aryl methyl sites for hydroxylation is 1. The first kappa shape index (κ1) is 11.5. The lowest BCUT2D eigenvalue weighted by Crippen LogP contribution is -2.18. The number of nitrogen functional groups attached to an aromatic ring is 1. The van der Waals surface area contributed by atoms with Gasteiger partial charge in [0.05, 0.1) is 17.6 Å². The van der Waals surface area contributed by atoms with Gasteiger partial charge in [-0.3, -0.25) is 0 Å². The van der Waals surface area contributed by atoms with Crippen molar-refractivity contribution < 1.29 is 4.74 Å². The van der Waals surface area contributed by atoms with E-state index in [0.29, 0.717) is 17.9 Å². The normalized spacial score (nSPS) is 21.6. The van der Waals surface area contributed by atoms with E-state index >= 15 is 0 Å². The van der Waals surface area contributed by atoms with E-state index in [4.69, 9.17) is 10.5 Å². The summed E-state index contributed by atoms with van der Waals surface area (Å²) in [4.78, 5) is 4.51. The molecular weight excluding hydrogens is 226 g/mol. The van der Waals surface area contributed by atoms with Crippen LogP contribution in [0.2, 0.25) is 0 Å². The molecule has 0 saturated carbocycles. The van der Waals surface area contributed by atoms with Crippen LogP contribution < -0.4 is 5.73 Å². The summed E-state index contributed by atoms with van der Waals surface area (Å²) in [6, 6.07) is 6.56. The molecule has 4 heteroatoms. The van der Waals surface area contributed by atoms with E-state index in [0.717, 1.165) is 30.7 Å². The molecule has 2 aromatic rings. The first-order valence-corrected chi connectivity index (χ1v) is 6.49. The Labute approximate surface area is 107 Å². The molecule has 1 aromatic heterocycles. The van der Waals surface area contributed by atoms with Crippen LogP contribution in [0.5, 0.6) is 0 Å². The van der Waals surface area contributed by atoms with Gasteiger partial charge in [0.2, 0.25) is 5.95 Å². The number of rotatable bonds is 2. The number of para-hydroxylation sites is 1. The van der Waals surface area contributed by atoms with E-state index in [-0.39, 0.29) is 0 Å². The summed E-state index contributed by atoms with van der Waals surface area (Å²) in [5, 5.41) is 0. The van der Waals surface area contributed by atoms with Crippen molar-refractivity contribution in [2.45, 2.75) is 26.3 Å². The van der Waals surface area contributed by atoms with Gasteiger partial charge in [0.1, 0.15) is 0 Å². The molecule has 2 atom stereocenters. The molecule has 0 aliphatic carbocycles. The van der Waals surface area contributed by atoms with E-state index in [1.807, 2.05) is 0 Å². The number of fused-ring (bicyclic) bond motifs is 1. The average molecular weight is 245 g/mol. The maximum absolute atomic E-state index is 6.10. The number of hydrogen-bond donors (Lipinski definition) is 1. The van der Waals surface area contributed by atoms with Crippen LogP contribution in [0.25, 0.3) is 11.0 Å². The van der Waals surface area contributed by atoms with Crippen LogP contribution in [0, 0.1) is 12.8 Å². The minimum atomic E-state index is 0.333. The van der Waals surface area contributed by atoms with Gasteiger partial charge in [0.25, 0.3) is 0 Å². The Morgan fingerprint density at radius 3 is 3.06 bits per heavy atom. The molecule has 96 valence electrons. The second-order valence-corrected chi connectivity index (χ2v) is 5.15. The maximum Gasteiger partial charge on any atom is 0.201 e. The number of nitrogens with two attached hydrogens (primary N) is 1. The van der Waals surface area contributed by atoms with Gasteiger partial charge < -0.3 is 15.0 Å². The smallest absolute Gasteiger partial charge is 0.201 e. The topological polar surface area (TPSA) is 53.1 Å². The molecule has 1 fully saturated rings. The van der Waals surface area contributed by atoms with E-state index < -0.39 is 0 Å². The van der Waals surface area contributed by atoms with Gasteiger partial charge in [-0.05, 0) is 31.9 Å². The average Bonchev–Trinajstić information content (AvgIpc) is 2.96. The lowest BCUT2D eigenvalue weighted by Gasteiger charge is -2.21. The molecule has 1 saturated heterocycles. The Kier molecular flexibility index (Phi) is 2.74. The fourth-order valence-corrected chi connectivity index (χ4v) is 2.85. The number of aromatic nitrogens is 2. The van der Waals surface area contributed by atoms with Crippen LogP contribution in [0.1, 0.15) is 24.9 Å². The molecule has 4 nitrogen and oxygen atoms in total. The predicted molar refractivity (Wildman–Crippen MR) is 72.5 cm³/mol. The third-order valence-electron chi connectivity index (χ3n) is 4.00. The third kappa shape index (κ3) is 1.68. The van der Waals surface area contributed by atoms with E-state index in [1.54, 1.807) is 0 Å². The molecule has 3 rings (SSSR count). The van der Waals surface area contributed by atoms with Gasteiger partial charge in [-0.15, -0.1) is 0 Å². The maximum atomic E-state index is 6.10. The van der Waals surface area contributed by atoms with E-state index in [1.165, 1.54) is 5.56 Å². The van der Waals surface area contributed by atoms with Crippen molar-refractivity contribution >= 4 is 17.0 Å². The largest absolute Gasteiger partial charge is 0.381 e. The predicted octanol–water partition coefficient (Wildman–Crippen LogP) is 2.52. The second-order valence-electron chi connectivity index (χ2n) is 5.15. The quantitative estimate of drug-likeness (QED) is 0.884. The molecule has 0 spiro atoms. The summed E-state index contributed by atoms with van der Waals surface area (Å²) < 4.78 is 7.63. The molecule has 1 aliphatic rings. The van der Waals surface area contributed by atoms with Crippen LogP contribution >= 0.6 is 0 Å². The van der Waals surface area contributed by atoms with Crippen molar-refractivity contribution in [3.05, 3.63) is 23.8 Å². The zero-order chi connectivity index (χ0) is 12.7. The minimum absolute atomic E-state index is 0.333.